The molecule has 4 aromatic rings. The fraction of sp³-hybridized carbons (Fsp3) is 0.296. The van der Waals surface area contributed by atoms with Gasteiger partial charge in [-0.3, -0.25) is 4.79 Å². The minimum absolute atomic E-state index is 0.0202. The van der Waals surface area contributed by atoms with Crippen molar-refractivity contribution in [3.63, 3.8) is 0 Å². The molecule has 0 saturated carbocycles. The molecule has 38 heavy (non-hydrogen) atoms. The van der Waals surface area contributed by atoms with Crippen LogP contribution in [0.25, 0.3) is 33.5 Å². The van der Waals surface area contributed by atoms with E-state index in [4.69, 9.17) is 9.84 Å². The van der Waals surface area contributed by atoms with Crippen LogP contribution in [0.15, 0.2) is 54.9 Å². The van der Waals surface area contributed by atoms with Crippen LogP contribution < -0.4 is 9.47 Å². The van der Waals surface area contributed by atoms with Crippen molar-refractivity contribution in [1.82, 2.24) is 19.9 Å². The SMILES string of the molecule is Cc1cc(-c2ncnc3[nH]c(-c4ccc(OC(F)(F)F)cc4)cc23)ccc1OC1CCN(C(=O)CO)CC1. The van der Waals surface area contributed by atoms with Gasteiger partial charge in [-0.1, -0.05) is 0 Å². The number of piperidine rings is 1. The molecule has 1 aliphatic heterocycles. The lowest BCUT2D eigenvalue weighted by Crippen LogP contribution is -2.42. The summed E-state index contributed by atoms with van der Waals surface area (Å²) >= 11 is 0. The van der Waals surface area contributed by atoms with Gasteiger partial charge in [-0.25, -0.2) is 9.97 Å². The normalized spacial score (nSPS) is 14.6. The molecule has 1 aliphatic rings. The number of halogens is 3. The molecular weight excluding hydrogens is 501 g/mol. The van der Waals surface area contributed by atoms with Gasteiger partial charge in [0.1, 0.15) is 36.2 Å². The van der Waals surface area contributed by atoms with E-state index in [1.165, 1.54) is 18.5 Å². The Balaban J connectivity index is 1.34. The van der Waals surface area contributed by atoms with E-state index in [0.717, 1.165) is 22.3 Å². The number of hydrogen-bond acceptors (Lipinski definition) is 6. The number of H-pyrrole nitrogens is 1. The van der Waals surface area contributed by atoms with Gasteiger partial charge < -0.3 is 24.5 Å². The van der Waals surface area contributed by atoms with Crippen LogP contribution in [-0.4, -0.2) is 63.0 Å². The number of carbonyl (C=O) groups is 1. The van der Waals surface area contributed by atoms with Crippen molar-refractivity contribution in [1.29, 1.82) is 0 Å². The second kappa shape index (κ2) is 10.3. The number of nitrogens with zero attached hydrogens (tertiary/aromatic N) is 3. The molecule has 2 aromatic heterocycles. The second-order valence-electron chi connectivity index (χ2n) is 9.08. The Hall–Kier alpha value is -4.12. The quantitative estimate of drug-likeness (QED) is 0.372. The number of aliphatic hydroxyl groups is 1. The van der Waals surface area contributed by atoms with Crippen LogP contribution in [0.3, 0.4) is 0 Å². The Morgan fingerprint density at radius 3 is 2.45 bits per heavy atom. The topological polar surface area (TPSA) is 101 Å². The van der Waals surface area contributed by atoms with Gasteiger partial charge >= 0.3 is 6.36 Å². The molecule has 1 fully saturated rings. The summed E-state index contributed by atoms with van der Waals surface area (Å²) in [7, 11) is 0. The fourth-order valence-corrected chi connectivity index (χ4v) is 4.59. The van der Waals surface area contributed by atoms with Crippen molar-refractivity contribution < 1.29 is 32.5 Å². The molecule has 0 bridgehead atoms. The molecule has 0 aliphatic carbocycles. The number of likely N-dealkylation sites (tertiary alicyclic amines) is 1. The number of hydrogen-bond donors (Lipinski definition) is 2. The zero-order valence-electron chi connectivity index (χ0n) is 20.5. The number of amides is 1. The number of aromatic nitrogens is 3. The Bertz CT molecular complexity index is 1450. The van der Waals surface area contributed by atoms with Crippen LogP contribution in [0, 0.1) is 6.92 Å². The van der Waals surface area contributed by atoms with E-state index in [0.29, 0.717) is 48.5 Å². The zero-order chi connectivity index (χ0) is 26.9. The van der Waals surface area contributed by atoms with Crippen molar-refractivity contribution in [2.45, 2.75) is 32.2 Å². The summed E-state index contributed by atoms with van der Waals surface area (Å²) in [5, 5.41) is 9.81. The third-order valence-corrected chi connectivity index (χ3v) is 6.50. The lowest BCUT2D eigenvalue weighted by molar-refractivity contribution is -0.274. The first-order chi connectivity index (χ1) is 18.2. The first-order valence-electron chi connectivity index (χ1n) is 12.1. The zero-order valence-corrected chi connectivity index (χ0v) is 20.5. The van der Waals surface area contributed by atoms with E-state index in [9.17, 15) is 18.0 Å². The third-order valence-electron chi connectivity index (χ3n) is 6.50. The fourth-order valence-electron chi connectivity index (χ4n) is 4.59. The van der Waals surface area contributed by atoms with E-state index in [1.54, 1.807) is 17.0 Å². The molecular formula is C27H25F3N4O4. The van der Waals surface area contributed by atoms with Crippen LogP contribution in [0.5, 0.6) is 11.5 Å². The monoisotopic (exact) mass is 526 g/mol. The van der Waals surface area contributed by atoms with Crippen molar-refractivity contribution in [2.24, 2.45) is 0 Å². The highest BCUT2D eigenvalue weighted by Crippen LogP contribution is 2.33. The van der Waals surface area contributed by atoms with Crippen LogP contribution >= 0.6 is 0 Å². The van der Waals surface area contributed by atoms with Gasteiger partial charge in [-0.2, -0.15) is 0 Å². The van der Waals surface area contributed by atoms with E-state index in [1.807, 2.05) is 31.2 Å². The molecule has 2 aromatic carbocycles. The summed E-state index contributed by atoms with van der Waals surface area (Å²) < 4.78 is 47.5. The number of carbonyl (C=O) groups excluding carboxylic acids is 1. The van der Waals surface area contributed by atoms with E-state index >= 15 is 0 Å². The molecule has 0 radical (unpaired) electrons. The van der Waals surface area contributed by atoms with Crippen molar-refractivity contribution >= 4 is 16.9 Å². The van der Waals surface area contributed by atoms with Crippen LogP contribution in [0.1, 0.15) is 18.4 Å². The Morgan fingerprint density at radius 2 is 1.79 bits per heavy atom. The minimum atomic E-state index is -4.75. The summed E-state index contributed by atoms with van der Waals surface area (Å²) in [6.07, 6.45) is -1.93. The third kappa shape index (κ3) is 5.57. The van der Waals surface area contributed by atoms with Crippen molar-refractivity contribution in [2.75, 3.05) is 19.7 Å². The minimum Gasteiger partial charge on any atom is -0.490 e. The number of fused-ring (bicyclic) bond motifs is 1. The number of aromatic amines is 1. The smallest absolute Gasteiger partial charge is 0.490 e. The predicted octanol–water partition coefficient (Wildman–Crippen LogP) is 4.86. The molecule has 1 amide bonds. The van der Waals surface area contributed by atoms with E-state index < -0.39 is 13.0 Å². The molecule has 11 heteroatoms. The molecule has 1 saturated heterocycles. The molecule has 198 valence electrons. The lowest BCUT2D eigenvalue weighted by atomic mass is 10.0. The number of alkyl halides is 3. The first-order valence-corrected chi connectivity index (χ1v) is 12.1. The number of aliphatic hydroxyl groups excluding tert-OH is 1. The number of aryl methyl sites for hydroxylation is 1. The molecule has 2 N–H and O–H groups in total. The van der Waals surface area contributed by atoms with Gasteiger partial charge in [0, 0.05) is 42.6 Å². The maximum atomic E-state index is 12.5. The van der Waals surface area contributed by atoms with Crippen LogP contribution in [0.2, 0.25) is 0 Å². The van der Waals surface area contributed by atoms with Gasteiger partial charge in [0.15, 0.2) is 0 Å². The maximum absolute atomic E-state index is 12.5. The molecule has 0 atom stereocenters. The number of ether oxygens (including phenoxy) is 2. The lowest BCUT2D eigenvalue weighted by Gasteiger charge is -2.32. The second-order valence-corrected chi connectivity index (χ2v) is 9.08. The standard InChI is InChI=1S/C27H25F3N4O4/c1-16-12-18(4-7-23(16)37-19-8-10-34(11-9-19)24(36)14-35)25-21-13-22(33-26(21)32-15-31-25)17-2-5-20(6-3-17)38-27(28,29)30/h2-7,12-13,15,19,35H,8-11,14H2,1H3,(H,31,32,33). The number of rotatable bonds is 6. The van der Waals surface area contributed by atoms with Crippen molar-refractivity contribution in [3.05, 3.63) is 60.4 Å². The maximum Gasteiger partial charge on any atom is 0.573 e. The van der Waals surface area contributed by atoms with E-state index in [-0.39, 0.29) is 17.8 Å². The largest absolute Gasteiger partial charge is 0.573 e. The highest BCUT2D eigenvalue weighted by atomic mass is 19.4. The number of benzene rings is 2. The van der Waals surface area contributed by atoms with Gasteiger partial charge in [0.25, 0.3) is 0 Å². The summed E-state index contributed by atoms with van der Waals surface area (Å²) in [6, 6.07) is 13.3. The van der Waals surface area contributed by atoms with Crippen LogP contribution in [-0.2, 0) is 4.79 Å². The van der Waals surface area contributed by atoms with Gasteiger partial charge in [0.2, 0.25) is 5.91 Å². The number of nitrogens with one attached hydrogen (secondary N) is 1. The first kappa shape index (κ1) is 25.5. The average Bonchev–Trinajstić information content (AvgIpc) is 3.34. The predicted molar refractivity (Wildman–Crippen MR) is 133 cm³/mol. The highest BCUT2D eigenvalue weighted by Gasteiger charge is 2.31. The van der Waals surface area contributed by atoms with Gasteiger partial charge in [0.05, 0.1) is 5.69 Å². The van der Waals surface area contributed by atoms with Crippen molar-refractivity contribution in [3.8, 4) is 34.0 Å². The molecule has 0 unspecified atom stereocenters. The van der Waals surface area contributed by atoms with Gasteiger partial charge in [-0.05, 0) is 66.6 Å². The Labute approximate surface area is 216 Å². The van der Waals surface area contributed by atoms with Gasteiger partial charge in [-0.15, -0.1) is 13.2 Å². The summed E-state index contributed by atoms with van der Waals surface area (Å²) in [6.45, 7) is 2.57. The molecule has 5 rings (SSSR count). The van der Waals surface area contributed by atoms with Crippen LogP contribution in [0.4, 0.5) is 13.2 Å². The van der Waals surface area contributed by atoms with E-state index in [2.05, 4.69) is 19.7 Å². The summed E-state index contributed by atoms with van der Waals surface area (Å²) in [5.74, 6) is 0.197. The molecule has 3 heterocycles. The summed E-state index contributed by atoms with van der Waals surface area (Å²) in [5.41, 5.74) is 4.46. The summed E-state index contributed by atoms with van der Waals surface area (Å²) in [4.78, 5) is 25.3. The Kier molecular flexibility index (Phi) is 6.94. The average molecular weight is 527 g/mol. The Morgan fingerprint density at radius 1 is 1.08 bits per heavy atom. The molecule has 8 nitrogen and oxygen atoms in total. The molecule has 0 spiro atoms. The highest BCUT2D eigenvalue weighted by molar-refractivity contribution is 5.94.